The Labute approximate surface area is 64.5 Å². The zero-order valence-corrected chi connectivity index (χ0v) is 7.47. The molecule has 0 nitrogen and oxygen atoms in total. The van der Waals surface area contributed by atoms with Crippen LogP contribution in [0.5, 0.6) is 0 Å². The Balaban J connectivity index is 2.56. The van der Waals surface area contributed by atoms with Gasteiger partial charge in [-0.1, -0.05) is 41.2 Å². The maximum absolute atomic E-state index is 2.50. The van der Waals surface area contributed by atoms with Crippen molar-refractivity contribution in [3.8, 4) is 0 Å². The first-order valence-electron chi connectivity index (χ1n) is 3.01. The van der Waals surface area contributed by atoms with Gasteiger partial charge in [0.05, 0.1) is 0 Å². The molecular formula is C7H11I. The van der Waals surface area contributed by atoms with Crippen molar-refractivity contribution in [1.29, 1.82) is 0 Å². The first-order chi connectivity index (χ1) is 3.70. The van der Waals surface area contributed by atoms with Gasteiger partial charge in [0, 0.05) is 3.92 Å². The van der Waals surface area contributed by atoms with Crippen LogP contribution in [0.4, 0.5) is 0 Å². The van der Waals surface area contributed by atoms with Crippen LogP contribution in [0.15, 0.2) is 11.6 Å². The first-order valence-corrected chi connectivity index (χ1v) is 4.26. The highest BCUT2D eigenvalue weighted by molar-refractivity contribution is 14.1. The molecule has 0 N–H and O–H groups in total. The van der Waals surface area contributed by atoms with Crippen molar-refractivity contribution in [1.82, 2.24) is 0 Å². The van der Waals surface area contributed by atoms with Crippen LogP contribution in [0.1, 0.15) is 20.3 Å². The summed E-state index contributed by atoms with van der Waals surface area (Å²) in [5, 5.41) is 0. The van der Waals surface area contributed by atoms with Gasteiger partial charge in [0.2, 0.25) is 0 Å². The highest BCUT2D eigenvalue weighted by Crippen LogP contribution is 2.29. The highest BCUT2D eigenvalue weighted by Gasteiger charge is 2.17. The summed E-state index contributed by atoms with van der Waals surface area (Å²) in [7, 11) is 0. The Morgan fingerprint density at radius 3 is 2.50 bits per heavy atom. The van der Waals surface area contributed by atoms with E-state index in [1.54, 1.807) is 5.57 Å². The lowest BCUT2D eigenvalue weighted by molar-refractivity contribution is 0.652. The van der Waals surface area contributed by atoms with E-state index in [-0.39, 0.29) is 0 Å². The zero-order chi connectivity index (χ0) is 6.15. The lowest BCUT2D eigenvalue weighted by Crippen LogP contribution is -1.99. The van der Waals surface area contributed by atoms with Crippen LogP contribution in [0.3, 0.4) is 0 Å². The van der Waals surface area contributed by atoms with E-state index in [4.69, 9.17) is 0 Å². The van der Waals surface area contributed by atoms with Crippen molar-refractivity contribution in [3.05, 3.63) is 11.6 Å². The molecule has 0 bridgehead atoms. The number of allylic oxidation sites excluding steroid dienone is 2. The molecule has 0 amide bonds. The lowest BCUT2D eigenvalue weighted by Gasteiger charge is -2.03. The van der Waals surface area contributed by atoms with E-state index < -0.39 is 0 Å². The van der Waals surface area contributed by atoms with E-state index in [0.717, 1.165) is 9.84 Å². The second kappa shape index (κ2) is 2.38. The van der Waals surface area contributed by atoms with Crippen LogP contribution in [0.2, 0.25) is 0 Å². The van der Waals surface area contributed by atoms with E-state index in [2.05, 4.69) is 42.5 Å². The van der Waals surface area contributed by atoms with E-state index in [9.17, 15) is 0 Å². The van der Waals surface area contributed by atoms with Gasteiger partial charge in [-0.2, -0.15) is 0 Å². The van der Waals surface area contributed by atoms with Crippen molar-refractivity contribution >= 4 is 22.6 Å². The third-order valence-electron chi connectivity index (χ3n) is 1.63. The van der Waals surface area contributed by atoms with Gasteiger partial charge in [-0.15, -0.1) is 0 Å². The first kappa shape index (κ1) is 6.59. The maximum atomic E-state index is 2.50. The quantitative estimate of drug-likeness (QED) is 0.336. The Morgan fingerprint density at radius 2 is 2.38 bits per heavy atom. The second-order valence-electron chi connectivity index (χ2n) is 2.64. The van der Waals surface area contributed by atoms with Gasteiger partial charge in [-0.05, 0) is 19.3 Å². The molecule has 1 rings (SSSR count). The summed E-state index contributed by atoms with van der Waals surface area (Å²) in [4.78, 5) is 0. The fraction of sp³-hybridized carbons (Fsp3) is 0.714. The Bertz CT molecular complexity index is 116. The molecule has 0 aromatic carbocycles. The van der Waals surface area contributed by atoms with E-state index in [0.29, 0.717) is 0 Å². The number of halogens is 1. The van der Waals surface area contributed by atoms with E-state index in [1.807, 2.05) is 0 Å². The van der Waals surface area contributed by atoms with Crippen LogP contribution < -0.4 is 0 Å². The predicted molar refractivity (Wildman–Crippen MR) is 45.3 cm³/mol. The second-order valence-corrected chi connectivity index (χ2v) is 4.08. The molecule has 0 spiro atoms. The van der Waals surface area contributed by atoms with Gasteiger partial charge < -0.3 is 0 Å². The monoisotopic (exact) mass is 222 g/mol. The van der Waals surface area contributed by atoms with Gasteiger partial charge in [0.25, 0.3) is 0 Å². The van der Waals surface area contributed by atoms with Crippen molar-refractivity contribution in [3.63, 3.8) is 0 Å². The largest absolute Gasteiger partial charge is 0.0778 e. The van der Waals surface area contributed by atoms with Crippen LogP contribution in [0, 0.1) is 5.92 Å². The molecule has 0 unspecified atom stereocenters. The summed E-state index contributed by atoms with van der Waals surface area (Å²) in [6, 6.07) is 0. The molecule has 1 heteroatoms. The number of alkyl halides is 1. The summed E-state index contributed by atoms with van der Waals surface area (Å²) < 4.78 is 0.799. The molecule has 0 saturated heterocycles. The minimum absolute atomic E-state index is 0.799. The molecule has 0 radical (unpaired) electrons. The molecule has 0 aliphatic heterocycles. The minimum atomic E-state index is 0.799. The van der Waals surface area contributed by atoms with Gasteiger partial charge in [-0.3, -0.25) is 0 Å². The lowest BCUT2D eigenvalue weighted by atomic mass is 10.1. The molecule has 0 aromatic rings. The van der Waals surface area contributed by atoms with Crippen molar-refractivity contribution in [2.24, 2.45) is 5.92 Å². The van der Waals surface area contributed by atoms with Crippen LogP contribution in [0.25, 0.3) is 0 Å². The van der Waals surface area contributed by atoms with Gasteiger partial charge in [0.15, 0.2) is 0 Å². The molecule has 46 valence electrons. The maximum Gasteiger partial charge on any atom is 0.0320 e. The molecule has 0 saturated carbocycles. The Kier molecular flexibility index (Phi) is 1.96. The molecule has 0 aromatic heterocycles. The molecule has 2 atom stereocenters. The third kappa shape index (κ3) is 1.24. The molecular weight excluding hydrogens is 211 g/mol. The van der Waals surface area contributed by atoms with Crippen molar-refractivity contribution < 1.29 is 0 Å². The molecule has 1 aliphatic rings. The van der Waals surface area contributed by atoms with Gasteiger partial charge in [0.1, 0.15) is 0 Å². The standard InChI is InChI=1S/C7H11I/c1-5-3-6(2)7(8)4-5/h4,6-7H,3H2,1-2H3/t6-,7-/m0/s1. The smallest absolute Gasteiger partial charge is 0.0320 e. The summed E-state index contributed by atoms with van der Waals surface area (Å²) in [6.07, 6.45) is 3.68. The summed E-state index contributed by atoms with van der Waals surface area (Å²) >= 11 is 2.50. The van der Waals surface area contributed by atoms with E-state index >= 15 is 0 Å². The third-order valence-corrected chi connectivity index (χ3v) is 3.22. The van der Waals surface area contributed by atoms with Gasteiger partial charge in [-0.25, -0.2) is 0 Å². The molecule has 0 fully saturated rings. The molecule has 8 heavy (non-hydrogen) atoms. The van der Waals surface area contributed by atoms with Gasteiger partial charge >= 0.3 is 0 Å². The van der Waals surface area contributed by atoms with Crippen molar-refractivity contribution in [2.45, 2.75) is 24.2 Å². The zero-order valence-electron chi connectivity index (χ0n) is 5.32. The minimum Gasteiger partial charge on any atom is -0.0778 e. The SMILES string of the molecule is CC1=C[C@H](I)[C@@H](C)C1. The Morgan fingerprint density at radius 1 is 1.75 bits per heavy atom. The fourth-order valence-electron chi connectivity index (χ4n) is 1.12. The average Bonchev–Trinajstić information content (AvgIpc) is 1.85. The average molecular weight is 222 g/mol. The summed E-state index contributed by atoms with van der Waals surface area (Å²) in [5.41, 5.74) is 1.57. The summed E-state index contributed by atoms with van der Waals surface area (Å²) in [6.45, 7) is 4.53. The fourth-order valence-corrected chi connectivity index (χ4v) is 1.99. The van der Waals surface area contributed by atoms with Crippen LogP contribution in [-0.2, 0) is 0 Å². The summed E-state index contributed by atoms with van der Waals surface area (Å²) in [5.74, 6) is 0.885. The molecule has 1 aliphatic carbocycles. The Hall–Kier alpha value is 0.470. The van der Waals surface area contributed by atoms with E-state index in [1.165, 1.54) is 6.42 Å². The van der Waals surface area contributed by atoms with Crippen molar-refractivity contribution in [2.75, 3.05) is 0 Å². The highest BCUT2D eigenvalue weighted by atomic mass is 127. The van der Waals surface area contributed by atoms with Crippen LogP contribution in [-0.4, -0.2) is 3.92 Å². The topological polar surface area (TPSA) is 0 Å². The normalized spacial score (nSPS) is 37.6. The molecule has 0 heterocycles. The predicted octanol–water partition coefficient (Wildman–Crippen LogP) is 2.78. The van der Waals surface area contributed by atoms with Crippen LogP contribution >= 0.6 is 22.6 Å². The number of hydrogen-bond donors (Lipinski definition) is 0. The number of hydrogen-bond acceptors (Lipinski definition) is 0. The number of rotatable bonds is 0.